The van der Waals surface area contributed by atoms with Crippen molar-refractivity contribution in [2.24, 2.45) is 9.98 Å². The summed E-state index contributed by atoms with van der Waals surface area (Å²) in [5.41, 5.74) is 9.29. The lowest BCUT2D eigenvalue weighted by molar-refractivity contribution is -0.120. The van der Waals surface area contributed by atoms with Gasteiger partial charge in [-0.1, -0.05) is 101 Å². The van der Waals surface area contributed by atoms with E-state index in [1.807, 2.05) is 152 Å². The van der Waals surface area contributed by atoms with Crippen LogP contribution in [0.5, 0.6) is 17.2 Å². The van der Waals surface area contributed by atoms with Gasteiger partial charge in [0.1, 0.15) is 29.3 Å². The fourth-order valence-electron chi connectivity index (χ4n) is 8.11. The van der Waals surface area contributed by atoms with Crippen molar-refractivity contribution in [3.63, 3.8) is 0 Å². The predicted octanol–water partition coefficient (Wildman–Crippen LogP) is 14.3. The summed E-state index contributed by atoms with van der Waals surface area (Å²) in [5, 5.41) is 2.42. The van der Waals surface area contributed by atoms with Gasteiger partial charge in [-0.25, -0.2) is 30.1 Å². The quantitative estimate of drug-likeness (QED) is 0.120. The van der Waals surface area contributed by atoms with E-state index in [1.54, 1.807) is 32.3 Å². The average molecular weight is 1100 g/mol. The molecule has 7 aromatic rings. The van der Waals surface area contributed by atoms with Gasteiger partial charge >= 0.3 is 11.4 Å². The first-order valence-electron chi connectivity index (χ1n) is 22.1. The minimum atomic E-state index is -1.72. The van der Waals surface area contributed by atoms with Crippen LogP contribution in [0.1, 0.15) is 44.5 Å². The highest BCUT2D eigenvalue weighted by atomic mass is 35.8. The van der Waals surface area contributed by atoms with Gasteiger partial charge in [-0.3, -0.25) is 19.6 Å². The van der Waals surface area contributed by atoms with Crippen LogP contribution < -0.4 is 19.1 Å². The number of aliphatic imine (C=N–C) groups is 2. The molecule has 1 amide bonds. The molecule has 0 aliphatic carbocycles. The molecule has 0 saturated carbocycles. The maximum Gasteiger partial charge on any atom is 0.643 e. The van der Waals surface area contributed by atoms with Gasteiger partial charge in [-0.2, -0.15) is 0 Å². The van der Waals surface area contributed by atoms with Crippen LogP contribution in [0.4, 0.5) is 5.69 Å². The fraction of sp³-hybridized carbons (Fsp3) is 0.164. The topological polar surface area (TPSA) is 89.8 Å². The normalized spacial score (nSPS) is 14.9. The van der Waals surface area contributed by atoms with Gasteiger partial charge in [-0.05, 0) is 125 Å². The molecule has 16 heteroatoms. The molecule has 0 bridgehead atoms. The second-order valence-corrected chi connectivity index (χ2v) is 24.3. The number of carbonyl (C=O) groups is 2. The van der Waals surface area contributed by atoms with E-state index >= 15 is 0 Å². The lowest BCUT2D eigenvalue weighted by atomic mass is 9.95. The molecule has 7 aromatic carbocycles. The lowest BCUT2D eigenvalue weighted by Gasteiger charge is -2.26. The molecular formula is C55H45AlCl7N3O5. The number of amides is 1. The Morgan fingerprint density at radius 1 is 0.549 bits per heavy atom. The monoisotopic (exact) mass is 1100 g/mol. The molecule has 2 atom stereocenters. The van der Waals surface area contributed by atoms with Crippen molar-refractivity contribution in [2.75, 3.05) is 26.2 Å². The maximum atomic E-state index is 14.2. The second-order valence-electron chi connectivity index (χ2n) is 16.2. The van der Waals surface area contributed by atoms with E-state index in [2.05, 4.69) is 0 Å². The summed E-state index contributed by atoms with van der Waals surface area (Å²) in [4.78, 5) is 39.0. The number of benzodiazepines with no additional fused rings is 1. The summed E-state index contributed by atoms with van der Waals surface area (Å²) >= 11 is 23.9. The number of ether oxygens (including phenoxy) is 3. The van der Waals surface area contributed by atoms with Crippen molar-refractivity contribution in [3.8, 4) is 17.2 Å². The van der Waals surface area contributed by atoms with Crippen LogP contribution in [0.15, 0.2) is 168 Å². The van der Waals surface area contributed by atoms with Crippen LogP contribution >= 0.6 is 76.6 Å². The van der Waals surface area contributed by atoms with Crippen molar-refractivity contribution in [1.29, 1.82) is 0 Å². The van der Waals surface area contributed by atoms with Crippen LogP contribution in [0.25, 0.3) is 0 Å². The van der Waals surface area contributed by atoms with Gasteiger partial charge < -0.3 is 19.1 Å². The Hall–Kier alpha value is -5.02. The minimum Gasteiger partial charge on any atom is -0.497 e. The van der Waals surface area contributed by atoms with Gasteiger partial charge in [0, 0.05) is 61.6 Å². The predicted molar refractivity (Wildman–Crippen MR) is 294 cm³/mol. The molecule has 2 aliphatic rings. The number of nitrogens with zero attached hydrogens (tertiary/aromatic N) is 3. The SMILES string of the molecule is COc1ccc(C2=NC(Cc3ccccc3Cl)C(=O)Cc3ccc(Cl)cc32)cc1.COc1ccc(CN2C(=O)C(Cc3ccccc3Cl)N=C(c3ccc(OC)cc3)c3cc(Cl)ccc32)cc1.[Cl][Al]([Cl])[Cl]. The summed E-state index contributed by atoms with van der Waals surface area (Å²) in [6.07, 6.45) is 1.13. The molecule has 0 saturated heterocycles. The molecule has 0 N–H and O–H groups in total. The standard InChI is InChI=1S/C31H26Cl2N2O3.C24H19Cl2NO2.Al.3ClH/c1-37-24-12-7-20(8-13-24)19-35-29-16-11-23(32)18-26(29)30(21-9-14-25(38-2)15-10-21)34-28(31(35)36)17-22-5-3-4-6-27(22)33;1-29-19-10-7-15(8-11-19)24-20-14-18(25)9-6-16(20)13-23(28)22(27-24)12-17-4-2-3-5-21(17)26;;;;/h3-16,18,28H,17,19H2,1-2H3;2-11,14,22H,12-13H2,1H3;;3*1H/q;;+3;;;/p-3. The first kappa shape index (κ1) is 53.8. The average Bonchev–Trinajstić information content (AvgIpc) is 3.57. The number of hydrogen-bond acceptors (Lipinski definition) is 7. The van der Waals surface area contributed by atoms with Gasteiger partial charge in [0.15, 0.2) is 5.78 Å². The van der Waals surface area contributed by atoms with Gasteiger partial charge in [0.05, 0.1) is 45.0 Å². The Morgan fingerprint density at radius 3 is 1.49 bits per heavy atom. The number of anilines is 1. The zero-order valence-electron chi connectivity index (χ0n) is 38.6. The van der Waals surface area contributed by atoms with Gasteiger partial charge in [-0.15, -0.1) is 0 Å². The number of rotatable bonds is 11. The number of benzene rings is 7. The van der Waals surface area contributed by atoms with E-state index in [4.69, 9.17) is 101 Å². The molecule has 2 heterocycles. The summed E-state index contributed by atoms with van der Waals surface area (Å²) in [5.74, 6) is 2.20. The smallest absolute Gasteiger partial charge is 0.497 e. The van der Waals surface area contributed by atoms with Gasteiger partial charge in [0.25, 0.3) is 5.91 Å². The third kappa shape index (κ3) is 14.1. The number of carbonyl (C=O) groups excluding carboxylic acids is 2. The minimum absolute atomic E-state index is 0.0667. The Balaban J connectivity index is 0.000000200. The van der Waals surface area contributed by atoms with Crippen molar-refractivity contribution in [3.05, 3.63) is 222 Å². The number of methoxy groups -OCH3 is 3. The lowest BCUT2D eigenvalue weighted by Crippen LogP contribution is -2.38. The van der Waals surface area contributed by atoms with Crippen LogP contribution in [-0.4, -0.2) is 67.9 Å². The van der Waals surface area contributed by atoms with Crippen molar-refractivity contribution < 1.29 is 23.8 Å². The Labute approximate surface area is 450 Å². The van der Waals surface area contributed by atoms with Gasteiger partial charge in [0.2, 0.25) is 0 Å². The largest absolute Gasteiger partial charge is 0.643 e. The van der Waals surface area contributed by atoms with Crippen LogP contribution in [0.3, 0.4) is 0 Å². The number of fused-ring (bicyclic) bond motifs is 2. The van der Waals surface area contributed by atoms with E-state index in [0.29, 0.717) is 51.6 Å². The molecule has 2 unspecified atom stereocenters. The molecule has 0 radical (unpaired) electrons. The third-order valence-corrected chi connectivity index (χ3v) is 12.9. The molecular weight excluding hydrogens is 1060 g/mol. The van der Waals surface area contributed by atoms with E-state index in [1.165, 1.54) is 0 Å². The van der Waals surface area contributed by atoms with E-state index in [0.717, 1.165) is 73.2 Å². The molecule has 9 rings (SSSR count). The highest BCUT2D eigenvalue weighted by Gasteiger charge is 2.33. The summed E-state index contributed by atoms with van der Waals surface area (Å²) in [6, 6.07) is 48.1. The highest BCUT2D eigenvalue weighted by Crippen LogP contribution is 2.35. The molecule has 71 heavy (non-hydrogen) atoms. The summed E-state index contributed by atoms with van der Waals surface area (Å²) in [7, 11) is 19.7. The molecule has 362 valence electrons. The molecule has 0 spiro atoms. The number of hydrogen-bond donors (Lipinski definition) is 0. The zero-order chi connectivity index (χ0) is 50.6. The van der Waals surface area contributed by atoms with E-state index in [9.17, 15) is 9.59 Å². The van der Waals surface area contributed by atoms with E-state index in [-0.39, 0.29) is 11.7 Å². The molecule has 0 fully saturated rings. The van der Waals surface area contributed by atoms with Crippen LogP contribution in [-0.2, 0) is 35.4 Å². The molecule has 8 nitrogen and oxygen atoms in total. The number of Topliss-reactive ketones (excluding diaryl/α,β-unsaturated/α-hetero) is 1. The fourth-order valence-corrected chi connectivity index (χ4v) is 8.88. The zero-order valence-corrected chi connectivity index (χ0v) is 45.0. The first-order valence-corrected chi connectivity index (χ1v) is 28.9. The maximum absolute atomic E-state index is 14.2. The number of ketones is 1. The van der Waals surface area contributed by atoms with Crippen LogP contribution in [0.2, 0.25) is 20.1 Å². The molecule has 0 aromatic heterocycles. The van der Waals surface area contributed by atoms with Crippen molar-refractivity contribution in [1.82, 2.24) is 0 Å². The Morgan fingerprint density at radius 2 is 0.986 bits per heavy atom. The third-order valence-electron chi connectivity index (χ3n) is 11.7. The molecule has 2 aliphatic heterocycles. The van der Waals surface area contributed by atoms with Crippen molar-refractivity contribution >= 4 is 117 Å². The van der Waals surface area contributed by atoms with E-state index < -0.39 is 23.5 Å². The summed E-state index contributed by atoms with van der Waals surface area (Å²) in [6.45, 7) is 0.363. The van der Waals surface area contributed by atoms with Crippen molar-refractivity contribution in [2.45, 2.75) is 37.9 Å². The first-order chi connectivity index (χ1) is 34.2. The summed E-state index contributed by atoms with van der Waals surface area (Å²) < 4.78 is 15.9. The van der Waals surface area contributed by atoms with Crippen LogP contribution in [0, 0.1) is 0 Å². The second kappa shape index (κ2) is 25.6. The Bertz CT molecular complexity index is 3040. The highest BCUT2D eigenvalue weighted by molar-refractivity contribution is 7.54. The Kier molecular flexibility index (Phi) is 19.4. The number of halogens is 7.